The topological polar surface area (TPSA) is 54.4 Å². The number of amides is 2. The van der Waals surface area contributed by atoms with Crippen LogP contribution < -0.4 is 0 Å². The van der Waals surface area contributed by atoms with Crippen LogP contribution in [0.5, 0.6) is 0 Å². The molecule has 1 N–H and O–H groups in total. The van der Waals surface area contributed by atoms with Crippen LogP contribution in [0.3, 0.4) is 0 Å². The van der Waals surface area contributed by atoms with Gasteiger partial charge in [-0.2, -0.15) is 35.1 Å². The Morgan fingerprint density at radius 2 is 2.06 bits per heavy atom. The summed E-state index contributed by atoms with van der Waals surface area (Å²) >= 11 is 3.53. The van der Waals surface area contributed by atoms with Gasteiger partial charge in [-0.15, -0.1) is 0 Å². The molecule has 0 aromatic rings. The highest BCUT2D eigenvalue weighted by Gasteiger charge is 2.60. The lowest BCUT2D eigenvalue weighted by Gasteiger charge is -2.32. The third-order valence-electron chi connectivity index (χ3n) is 3.50. The number of carbonyl (C=O) groups excluding carboxylic acids is 1. The fourth-order valence-electron chi connectivity index (χ4n) is 2.38. The summed E-state index contributed by atoms with van der Waals surface area (Å²) in [5.74, 6) is -4.38. The van der Waals surface area contributed by atoms with Crippen LogP contribution in [0.4, 0.5) is 18.0 Å². The summed E-state index contributed by atoms with van der Waals surface area (Å²) in [6.07, 6.45) is -5.42. The van der Waals surface area contributed by atoms with Crippen molar-refractivity contribution in [2.24, 2.45) is 5.92 Å². The zero-order valence-corrected chi connectivity index (χ0v) is 10.7. The maximum absolute atomic E-state index is 12.7. The molecule has 2 amide bonds. The van der Waals surface area contributed by atoms with Crippen molar-refractivity contribution in [3.8, 4) is 0 Å². The van der Waals surface area contributed by atoms with Crippen molar-refractivity contribution < 1.29 is 32.3 Å². The fraction of sp³-hybridized carbons (Fsp3) is 0.800. The first-order chi connectivity index (χ1) is 8.17. The van der Waals surface area contributed by atoms with E-state index in [-0.39, 0.29) is 6.54 Å². The molecule has 0 spiro atoms. The van der Waals surface area contributed by atoms with E-state index in [4.69, 9.17) is 0 Å². The molecule has 0 aliphatic carbocycles. The summed E-state index contributed by atoms with van der Waals surface area (Å²) in [5, 5.41) is 9.17. The van der Waals surface area contributed by atoms with Crippen LogP contribution in [0, 0.1) is 5.92 Å². The summed E-state index contributed by atoms with van der Waals surface area (Å²) in [5.41, 5.74) is 0. The highest BCUT2D eigenvalue weighted by molar-refractivity contribution is 7.80. The van der Waals surface area contributed by atoms with E-state index in [0.717, 1.165) is 0 Å². The van der Waals surface area contributed by atoms with E-state index in [9.17, 15) is 27.9 Å². The summed E-state index contributed by atoms with van der Waals surface area (Å²) < 4.78 is 37.0. The third-order valence-corrected chi connectivity index (χ3v) is 3.86. The van der Waals surface area contributed by atoms with E-state index in [0.29, 0.717) is 12.8 Å². The van der Waals surface area contributed by atoms with E-state index < -0.39 is 40.4 Å². The number of hydrogen-bond acceptors (Lipinski definition) is 3. The lowest BCUT2D eigenvalue weighted by atomic mass is 10.1. The maximum atomic E-state index is 12.7. The number of quaternary nitrogens is 1. The summed E-state index contributed by atoms with van der Waals surface area (Å²) in [6.45, 7) is 1.40. The Morgan fingerprint density at radius 1 is 1.50 bits per heavy atom. The van der Waals surface area contributed by atoms with Gasteiger partial charge in [-0.05, 0) is 6.92 Å². The van der Waals surface area contributed by atoms with Gasteiger partial charge in [-0.25, -0.2) is 4.79 Å². The van der Waals surface area contributed by atoms with Gasteiger partial charge >= 0.3 is 18.2 Å². The molecular formula is C10H15F3NO3S+. The van der Waals surface area contributed by atoms with Gasteiger partial charge in [0.25, 0.3) is 0 Å². The second-order valence-corrected chi connectivity index (χ2v) is 4.85. The smallest absolute Gasteiger partial charge is 0.435 e. The van der Waals surface area contributed by atoms with Gasteiger partial charge in [0, 0.05) is 18.6 Å². The van der Waals surface area contributed by atoms with Crippen LogP contribution in [0.25, 0.3) is 0 Å². The molecule has 1 aliphatic heterocycles. The predicted molar refractivity (Wildman–Crippen MR) is 60.3 cm³/mol. The van der Waals surface area contributed by atoms with Crippen molar-refractivity contribution in [2.45, 2.75) is 32.0 Å². The number of carboxylic acid groups (broad SMARTS) is 1. The number of rotatable bonds is 2. The average molecular weight is 286 g/mol. The van der Waals surface area contributed by atoms with Crippen molar-refractivity contribution in [3.05, 3.63) is 0 Å². The molecule has 18 heavy (non-hydrogen) atoms. The van der Waals surface area contributed by atoms with Crippen molar-refractivity contribution in [3.63, 3.8) is 0 Å². The fourth-order valence-corrected chi connectivity index (χ4v) is 2.75. The second kappa shape index (κ2) is 5.08. The van der Waals surface area contributed by atoms with Gasteiger partial charge in [0.15, 0.2) is 5.92 Å². The predicted octanol–water partition coefficient (Wildman–Crippen LogP) is 2.30. The quantitative estimate of drug-likeness (QED) is 0.605. The number of imide groups is 1. The number of nitrogens with zero attached hydrogens (tertiary/aromatic N) is 1. The number of thiol groups is 1. The number of carbonyl (C=O) groups is 2. The summed E-state index contributed by atoms with van der Waals surface area (Å²) in [7, 11) is 0. The summed E-state index contributed by atoms with van der Waals surface area (Å²) in [6, 6.07) is -0.639. The van der Waals surface area contributed by atoms with E-state index in [2.05, 4.69) is 12.6 Å². The maximum Gasteiger partial charge on any atom is 0.521 e. The zero-order valence-electron chi connectivity index (χ0n) is 9.78. The van der Waals surface area contributed by atoms with Gasteiger partial charge in [0.05, 0.1) is 6.54 Å². The average Bonchev–Trinajstić information content (AvgIpc) is 2.59. The van der Waals surface area contributed by atoms with E-state index >= 15 is 0 Å². The second-order valence-electron chi connectivity index (χ2n) is 4.48. The largest absolute Gasteiger partial charge is 0.521 e. The van der Waals surface area contributed by atoms with Crippen molar-refractivity contribution in [2.75, 3.05) is 12.3 Å². The first-order valence-corrected chi connectivity index (χ1v) is 6.14. The monoisotopic (exact) mass is 286 g/mol. The van der Waals surface area contributed by atoms with Gasteiger partial charge < -0.3 is 5.11 Å². The van der Waals surface area contributed by atoms with Gasteiger partial charge in [0.2, 0.25) is 0 Å². The molecule has 0 radical (unpaired) electrons. The Labute approximate surface area is 108 Å². The Bertz CT molecular complexity index is 361. The zero-order chi connectivity index (χ0) is 14.1. The van der Waals surface area contributed by atoms with Gasteiger partial charge in [0.1, 0.15) is 6.04 Å². The Balaban J connectivity index is 3.16. The molecule has 3 atom stereocenters. The molecule has 0 aromatic carbocycles. The van der Waals surface area contributed by atoms with Crippen LogP contribution in [0.2, 0.25) is 0 Å². The Kier molecular flexibility index (Phi) is 4.32. The van der Waals surface area contributed by atoms with Gasteiger partial charge in [-0.3, -0.25) is 0 Å². The molecule has 0 bridgehead atoms. The molecule has 1 rings (SSSR count). The number of halogens is 3. The third kappa shape index (κ3) is 2.35. The molecule has 1 saturated heterocycles. The van der Waals surface area contributed by atoms with E-state index in [1.807, 2.05) is 0 Å². The molecule has 0 aromatic heterocycles. The minimum Gasteiger partial charge on any atom is -0.435 e. The van der Waals surface area contributed by atoms with Crippen LogP contribution in [-0.2, 0) is 4.79 Å². The molecule has 1 heterocycles. The lowest BCUT2D eigenvalue weighted by Crippen LogP contribution is -2.62. The lowest BCUT2D eigenvalue weighted by molar-refractivity contribution is -0.794. The van der Waals surface area contributed by atoms with E-state index in [1.54, 1.807) is 0 Å². The van der Waals surface area contributed by atoms with E-state index in [1.165, 1.54) is 6.92 Å². The van der Waals surface area contributed by atoms with Crippen LogP contribution >= 0.6 is 12.6 Å². The SMILES string of the molecule is C[C@@H]1CCC[N+]1(C(=O)O)C(=O)C(CS)C(F)(F)F. The van der Waals surface area contributed by atoms with Crippen molar-refractivity contribution in [1.82, 2.24) is 0 Å². The molecule has 8 heteroatoms. The minimum atomic E-state index is -4.76. The van der Waals surface area contributed by atoms with Gasteiger partial charge in [-0.1, -0.05) is 0 Å². The highest BCUT2D eigenvalue weighted by atomic mass is 32.1. The Morgan fingerprint density at radius 3 is 2.33 bits per heavy atom. The normalized spacial score (nSPS) is 30.2. The first-order valence-electron chi connectivity index (χ1n) is 5.51. The molecule has 1 aliphatic rings. The van der Waals surface area contributed by atoms with Crippen molar-refractivity contribution in [1.29, 1.82) is 0 Å². The first kappa shape index (κ1) is 15.3. The highest BCUT2D eigenvalue weighted by Crippen LogP contribution is 2.36. The molecule has 1 fully saturated rings. The summed E-state index contributed by atoms with van der Waals surface area (Å²) in [4.78, 5) is 23.3. The molecule has 104 valence electrons. The van der Waals surface area contributed by atoms with Crippen molar-refractivity contribution >= 4 is 24.6 Å². The molecule has 0 saturated carbocycles. The standard InChI is InChI=1S/C10H14F3NO3S/c1-6-3-2-4-14(6,9(16)17)8(15)7(5-18)10(11,12)13/h6-7H,2-5H2,1H3,(H-,16,17,18)/p+1/t6-,7?,14?/m1/s1. The molecule has 4 nitrogen and oxygen atoms in total. The van der Waals surface area contributed by atoms with Crippen LogP contribution in [-0.4, -0.2) is 46.1 Å². The number of likely N-dealkylation sites (tertiary alicyclic amines) is 1. The minimum absolute atomic E-state index is 0.0876. The molecule has 2 unspecified atom stereocenters. The Hall–Kier alpha value is -0.760. The van der Waals surface area contributed by atoms with Crippen LogP contribution in [0.1, 0.15) is 19.8 Å². The molecular weight excluding hydrogens is 271 g/mol. The number of hydrogen-bond donors (Lipinski definition) is 2. The number of alkyl halides is 3. The van der Waals surface area contributed by atoms with Crippen LogP contribution in [0.15, 0.2) is 0 Å².